The Kier molecular flexibility index (Phi) is 4.03. The van der Waals surface area contributed by atoms with Gasteiger partial charge in [-0.1, -0.05) is 0 Å². The Balaban J connectivity index is 0.00000128. The number of hydrogen-bond donors (Lipinski definition) is 2. The van der Waals surface area contributed by atoms with E-state index in [0.29, 0.717) is 5.69 Å². The van der Waals surface area contributed by atoms with E-state index in [1.807, 2.05) is 6.07 Å². The molecule has 16 heavy (non-hydrogen) atoms. The number of nitrogens with two attached hydrogens (primary N) is 2. The van der Waals surface area contributed by atoms with Crippen LogP contribution in [0.1, 0.15) is 0 Å². The molecule has 0 saturated carbocycles. The van der Waals surface area contributed by atoms with Crippen molar-refractivity contribution in [3.8, 4) is 0 Å². The second-order valence-corrected chi connectivity index (χ2v) is 3.65. The first-order chi connectivity index (χ1) is 7.18. The van der Waals surface area contributed by atoms with Crippen molar-refractivity contribution in [2.24, 2.45) is 16.5 Å². The summed E-state index contributed by atoms with van der Waals surface area (Å²) in [6, 6.07) is 3.59. The molecule has 0 amide bonds. The van der Waals surface area contributed by atoms with Gasteiger partial charge in [0.25, 0.3) is 0 Å². The number of benzene rings is 1. The highest BCUT2D eigenvalue weighted by Gasteiger charge is 2.05. The topological polar surface area (TPSA) is 90.2 Å². The average Bonchev–Trinajstić information content (AvgIpc) is 2.22. The molecule has 0 aliphatic carbocycles. The van der Waals surface area contributed by atoms with Gasteiger partial charge in [-0.3, -0.25) is 9.97 Å². The van der Waals surface area contributed by atoms with E-state index in [-0.39, 0.29) is 18.4 Å². The molecule has 0 fully saturated rings. The van der Waals surface area contributed by atoms with E-state index < -0.39 is 0 Å². The van der Waals surface area contributed by atoms with Crippen molar-refractivity contribution in [3.05, 3.63) is 29.0 Å². The monoisotopic (exact) mass is 301 g/mol. The Morgan fingerprint density at radius 2 is 1.88 bits per heavy atom. The lowest BCUT2D eigenvalue weighted by Gasteiger charge is -2.02. The molecular weight excluding hydrogens is 293 g/mol. The molecule has 0 radical (unpaired) electrons. The van der Waals surface area contributed by atoms with Gasteiger partial charge in [0.15, 0.2) is 5.96 Å². The van der Waals surface area contributed by atoms with E-state index >= 15 is 0 Å². The number of aromatic nitrogens is 2. The van der Waals surface area contributed by atoms with E-state index in [9.17, 15) is 0 Å². The highest BCUT2D eigenvalue weighted by atomic mass is 79.9. The maximum absolute atomic E-state index is 5.31. The molecule has 7 heteroatoms. The van der Waals surface area contributed by atoms with Crippen molar-refractivity contribution in [1.82, 2.24) is 9.97 Å². The summed E-state index contributed by atoms with van der Waals surface area (Å²) in [5, 5.41) is 0. The first-order valence-corrected chi connectivity index (χ1v) is 4.96. The van der Waals surface area contributed by atoms with Crippen LogP contribution in [0.2, 0.25) is 0 Å². The van der Waals surface area contributed by atoms with Gasteiger partial charge in [-0.15, -0.1) is 12.4 Å². The molecule has 2 rings (SSSR count). The summed E-state index contributed by atoms with van der Waals surface area (Å²) in [5.74, 6) is 0.0129. The molecule has 0 atom stereocenters. The lowest BCUT2D eigenvalue weighted by Crippen LogP contribution is -2.21. The Morgan fingerprint density at radius 3 is 2.56 bits per heavy atom. The zero-order valence-electron chi connectivity index (χ0n) is 8.09. The number of aliphatic imine (C=N–C) groups is 1. The predicted octanol–water partition coefficient (Wildman–Crippen LogP) is 1.72. The molecule has 0 bridgehead atoms. The summed E-state index contributed by atoms with van der Waals surface area (Å²) >= 11 is 3.39. The smallest absolute Gasteiger partial charge is 0.191 e. The summed E-state index contributed by atoms with van der Waals surface area (Å²) in [6.45, 7) is 0. The van der Waals surface area contributed by atoms with E-state index in [4.69, 9.17) is 11.5 Å². The van der Waals surface area contributed by atoms with Crippen LogP contribution in [0.15, 0.2) is 34.0 Å². The molecule has 1 heterocycles. The van der Waals surface area contributed by atoms with Crippen LogP contribution < -0.4 is 11.5 Å². The Bertz CT molecular complexity index is 538. The van der Waals surface area contributed by atoms with Crippen LogP contribution in [0.5, 0.6) is 0 Å². The standard InChI is InChI=1S/C9H8BrN5.ClH/c10-7-5(15-9(11)12)1-2-6-8(7)14-4-3-13-6;/h1-4H,(H4,11,12,15);1H. The summed E-state index contributed by atoms with van der Waals surface area (Å²) in [6.07, 6.45) is 3.25. The molecule has 84 valence electrons. The van der Waals surface area contributed by atoms with Crippen molar-refractivity contribution in [2.45, 2.75) is 0 Å². The number of guanidine groups is 1. The van der Waals surface area contributed by atoms with Crippen LogP contribution in [0.3, 0.4) is 0 Å². The fraction of sp³-hybridized carbons (Fsp3) is 0. The van der Waals surface area contributed by atoms with Crippen molar-refractivity contribution in [3.63, 3.8) is 0 Å². The van der Waals surface area contributed by atoms with E-state index in [1.165, 1.54) is 0 Å². The van der Waals surface area contributed by atoms with E-state index in [0.717, 1.165) is 15.5 Å². The summed E-state index contributed by atoms with van der Waals surface area (Å²) in [7, 11) is 0. The normalized spacial score (nSPS) is 9.56. The third-order valence-electron chi connectivity index (χ3n) is 1.81. The molecule has 1 aromatic carbocycles. The largest absolute Gasteiger partial charge is 0.370 e. The van der Waals surface area contributed by atoms with Gasteiger partial charge >= 0.3 is 0 Å². The van der Waals surface area contributed by atoms with Crippen molar-refractivity contribution >= 4 is 51.0 Å². The SMILES string of the molecule is Cl.NC(N)=Nc1ccc2nccnc2c1Br. The van der Waals surface area contributed by atoms with Gasteiger partial charge in [-0.25, -0.2) is 4.99 Å². The second kappa shape index (κ2) is 5.09. The van der Waals surface area contributed by atoms with E-state index in [1.54, 1.807) is 18.5 Å². The van der Waals surface area contributed by atoms with E-state index in [2.05, 4.69) is 30.9 Å². The maximum Gasteiger partial charge on any atom is 0.191 e. The van der Waals surface area contributed by atoms with Crippen LogP contribution in [0.25, 0.3) is 11.0 Å². The zero-order chi connectivity index (χ0) is 10.8. The van der Waals surface area contributed by atoms with Crippen molar-refractivity contribution in [2.75, 3.05) is 0 Å². The van der Waals surface area contributed by atoms with Crippen LogP contribution in [-0.4, -0.2) is 15.9 Å². The number of fused-ring (bicyclic) bond motifs is 1. The van der Waals surface area contributed by atoms with Crippen molar-refractivity contribution in [1.29, 1.82) is 0 Å². The third kappa shape index (κ3) is 2.40. The molecule has 5 nitrogen and oxygen atoms in total. The van der Waals surface area contributed by atoms with Gasteiger partial charge in [-0.05, 0) is 28.1 Å². The van der Waals surface area contributed by atoms with Crippen LogP contribution in [0, 0.1) is 0 Å². The minimum absolute atomic E-state index is 0. The number of rotatable bonds is 1. The summed E-state index contributed by atoms with van der Waals surface area (Å²) < 4.78 is 0.738. The van der Waals surface area contributed by atoms with Crippen molar-refractivity contribution < 1.29 is 0 Å². The fourth-order valence-electron chi connectivity index (χ4n) is 1.22. The number of halogens is 2. The molecule has 0 aliphatic rings. The molecule has 0 unspecified atom stereocenters. The molecule has 1 aromatic heterocycles. The quantitative estimate of drug-likeness (QED) is 0.620. The first kappa shape index (κ1) is 12.7. The van der Waals surface area contributed by atoms with Gasteiger partial charge in [-0.2, -0.15) is 0 Å². The minimum atomic E-state index is 0. The van der Waals surface area contributed by atoms with Gasteiger partial charge in [0.2, 0.25) is 0 Å². The molecule has 0 aliphatic heterocycles. The highest BCUT2D eigenvalue weighted by Crippen LogP contribution is 2.30. The van der Waals surface area contributed by atoms with Crippen LogP contribution >= 0.6 is 28.3 Å². The molecule has 2 aromatic rings. The maximum atomic E-state index is 5.31. The highest BCUT2D eigenvalue weighted by molar-refractivity contribution is 9.10. The van der Waals surface area contributed by atoms with Gasteiger partial charge < -0.3 is 11.5 Å². The molecule has 4 N–H and O–H groups in total. The zero-order valence-corrected chi connectivity index (χ0v) is 10.5. The summed E-state index contributed by atoms with van der Waals surface area (Å²) in [4.78, 5) is 12.3. The molecular formula is C9H9BrClN5. The second-order valence-electron chi connectivity index (χ2n) is 2.86. The van der Waals surface area contributed by atoms with Crippen LogP contribution in [-0.2, 0) is 0 Å². The Hall–Kier alpha value is -1.40. The Morgan fingerprint density at radius 1 is 1.19 bits per heavy atom. The predicted molar refractivity (Wildman–Crippen MR) is 70.0 cm³/mol. The summed E-state index contributed by atoms with van der Waals surface area (Å²) in [5.41, 5.74) is 12.8. The lowest BCUT2D eigenvalue weighted by atomic mass is 10.2. The lowest BCUT2D eigenvalue weighted by molar-refractivity contribution is 1.28. The first-order valence-electron chi connectivity index (χ1n) is 4.17. The average molecular weight is 303 g/mol. The molecule has 0 saturated heterocycles. The molecule has 0 spiro atoms. The number of hydrogen-bond acceptors (Lipinski definition) is 3. The van der Waals surface area contributed by atoms with Gasteiger partial charge in [0, 0.05) is 12.4 Å². The number of nitrogens with zero attached hydrogens (tertiary/aromatic N) is 3. The third-order valence-corrected chi connectivity index (χ3v) is 2.59. The fourth-order valence-corrected chi connectivity index (χ4v) is 1.74. The van der Waals surface area contributed by atoms with Gasteiger partial charge in [0.1, 0.15) is 5.52 Å². The minimum Gasteiger partial charge on any atom is -0.370 e. The Labute approximate surface area is 107 Å². The van der Waals surface area contributed by atoms with Crippen LogP contribution in [0.4, 0.5) is 5.69 Å². The van der Waals surface area contributed by atoms with Gasteiger partial charge in [0.05, 0.1) is 15.7 Å².